The van der Waals surface area contributed by atoms with Crippen molar-refractivity contribution in [2.24, 2.45) is 0 Å². The monoisotopic (exact) mass is 332 g/mol. The maximum atomic E-state index is 12.3. The van der Waals surface area contributed by atoms with Gasteiger partial charge in [-0.1, -0.05) is 25.1 Å². The van der Waals surface area contributed by atoms with E-state index in [2.05, 4.69) is 10.6 Å². The van der Waals surface area contributed by atoms with Gasteiger partial charge in [0.1, 0.15) is 0 Å². The summed E-state index contributed by atoms with van der Waals surface area (Å²) >= 11 is 0. The lowest BCUT2D eigenvalue weighted by molar-refractivity contribution is -0.129. The Kier molecular flexibility index (Phi) is 6.31. The maximum Gasteiger partial charge on any atom is 0.324 e. The molecular weight excluding hydrogens is 308 g/mol. The Morgan fingerprint density at radius 3 is 2.67 bits per heavy atom. The van der Waals surface area contributed by atoms with E-state index in [1.54, 1.807) is 4.90 Å². The molecule has 0 aromatic heterocycles. The van der Waals surface area contributed by atoms with Gasteiger partial charge in [0.25, 0.3) is 0 Å². The summed E-state index contributed by atoms with van der Waals surface area (Å²) < 4.78 is 0. The Hall–Kier alpha value is -2.41. The van der Waals surface area contributed by atoms with Crippen molar-refractivity contribution in [3.05, 3.63) is 29.8 Å². The largest absolute Gasteiger partial charge is 0.336 e. The number of nitrogens with one attached hydrogen (secondary N) is 2. The van der Waals surface area contributed by atoms with Crippen LogP contribution in [0.4, 0.5) is 10.5 Å². The summed E-state index contributed by atoms with van der Waals surface area (Å²) in [6, 6.07) is 7.18. The molecule has 0 spiro atoms. The van der Waals surface area contributed by atoms with E-state index in [9.17, 15) is 14.4 Å². The van der Waals surface area contributed by atoms with Gasteiger partial charge in [0.15, 0.2) is 0 Å². The number of hydrogen-bond acceptors (Lipinski definition) is 4. The SMILES string of the molecule is CCCN(CC(=O)Nc1ccccc1C)CC(=O)N1CCNC1=O. The van der Waals surface area contributed by atoms with E-state index in [0.29, 0.717) is 19.6 Å². The summed E-state index contributed by atoms with van der Waals surface area (Å²) in [5, 5.41) is 5.47. The fraction of sp³-hybridized carbons (Fsp3) is 0.471. The third-order valence-electron chi connectivity index (χ3n) is 3.84. The van der Waals surface area contributed by atoms with Crippen LogP contribution in [0.2, 0.25) is 0 Å². The number of rotatable bonds is 7. The Labute approximate surface area is 142 Å². The quantitative estimate of drug-likeness (QED) is 0.786. The second-order valence-corrected chi connectivity index (χ2v) is 5.85. The maximum absolute atomic E-state index is 12.3. The number of imide groups is 1. The molecule has 0 saturated carbocycles. The summed E-state index contributed by atoms with van der Waals surface area (Å²) in [6.07, 6.45) is 0.817. The highest BCUT2D eigenvalue weighted by atomic mass is 16.2. The average Bonchev–Trinajstić information content (AvgIpc) is 2.96. The number of carbonyl (C=O) groups excluding carboxylic acids is 3. The zero-order valence-electron chi connectivity index (χ0n) is 14.2. The molecule has 2 rings (SSSR count). The van der Waals surface area contributed by atoms with Crippen molar-refractivity contribution >= 4 is 23.5 Å². The minimum Gasteiger partial charge on any atom is -0.336 e. The molecule has 0 unspecified atom stereocenters. The molecule has 1 fully saturated rings. The molecule has 7 nitrogen and oxygen atoms in total. The molecule has 0 bridgehead atoms. The summed E-state index contributed by atoms with van der Waals surface area (Å²) in [5.41, 5.74) is 1.75. The molecule has 1 aliphatic rings. The van der Waals surface area contributed by atoms with Gasteiger partial charge in [-0.2, -0.15) is 0 Å². The standard InChI is InChI=1S/C17H24N4O3/c1-3-9-20(12-16(23)21-10-8-18-17(21)24)11-15(22)19-14-7-5-4-6-13(14)2/h4-7H,3,8-12H2,1-2H3,(H,18,24)(H,19,22). The number of para-hydroxylation sites is 1. The molecular formula is C17H24N4O3. The van der Waals surface area contributed by atoms with Gasteiger partial charge in [-0.05, 0) is 31.5 Å². The minimum atomic E-state index is -0.360. The lowest BCUT2D eigenvalue weighted by Gasteiger charge is -2.22. The van der Waals surface area contributed by atoms with E-state index in [-0.39, 0.29) is 30.9 Å². The predicted octanol–water partition coefficient (Wildman–Crippen LogP) is 1.20. The fourth-order valence-electron chi connectivity index (χ4n) is 2.62. The number of carbonyl (C=O) groups is 3. The highest BCUT2D eigenvalue weighted by Crippen LogP contribution is 2.13. The first-order valence-electron chi connectivity index (χ1n) is 8.17. The van der Waals surface area contributed by atoms with Crippen molar-refractivity contribution in [2.45, 2.75) is 20.3 Å². The minimum absolute atomic E-state index is 0.0580. The van der Waals surface area contributed by atoms with Crippen molar-refractivity contribution in [2.75, 3.05) is 38.0 Å². The topological polar surface area (TPSA) is 81.8 Å². The molecule has 4 amide bonds. The van der Waals surface area contributed by atoms with Crippen LogP contribution >= 0.6 is 0 Å². The van der Waals surface area contributed by atoms with Crippen LogP contribution in [0.5, 0.6) is 0 Å². The van der Waals surface area contributed by atoms with Crippen molar-refractivity contribution in [3.63, 3.8) is 0 Å². The molecule has 1 aromatic carbocycles. The lowest BCUT2D eigenvalue weighted by atomic mass is 10.2. The molecule has 1 aromatic rings. The molecule has 2 N–H and O–H groups in total. The molecule has 0 atom stereocenters. The van der Waals surface area contributed by atoms with Crippen molar-refractivity contribution in [1.82, 2.24) is 15.1 Å². The Morgan fingerprint density at radius 2 is 2.04 bits per heavy atom. The van der Waals surface area contributed by atoms with E-state index in [4.69, 9.17) is 0 Å². The van der Waals surface area contributed by atoms with Crippen LogP contribution in [-0.2, 0) is 9.59 Å². The fourth-order valence-corrected chi connectivity index (χ4v) is 2.62. The first-order chi connectivity index (χ1) is 11.5. The summed E-state index contributed by atoms with van der Waals surface area (Å²) in [6.45, 7) is 5.56. The van der Waals surface area contributed by atoms with Gasteiger partial charge in [0, 0.05) is 18.8 Å². The molecule has 1 heterocycles. The van der Waals surface area contributed by atoms with E-state index in [0.717, 1.165) is 17.7 Å². The van der Waals surface area contributed by atoms with Crippen LogP contribution in [0.3, 0.4) is 0 Å². The van der Waals surface area contributed by atoms with Crippen molar-refractivity contribution in [3.8, 4) is 0 Å². The van der Waals surface area contributed by atoms with E-state index < -0.39 is 0 Å². The van der Waals surface area contributed by atoms with Crippen LogP contribution in [-0.4, -0.2) is 60.4 Å². The summed E-state index contributed by atoms with van der Waals surface area (Å²) in [7, 11) is 0. The van der Waals surface area contributed by atoms with Crippen LogP contribution in [0.15, 0.2) is 24.3 Å². The second kappa shape index (κ2) is 8.44. The van der Waals surface area contributed by atoms with Gasteiger partial charge in [0.05, 0.1) is 13.1 Å². The Bertz CT molecular complexity index is 618. The number of nitrogens with zero attached hydrogens (tertiary/aromatic N) is 2. The normalized spacial score (nSPS) is 14.0. The molecule has 1 aliphatic heterocycles. The van der Waals surface area contributed by atoms with Crippen LogP contribution in [0, 0.1) is 6.92 Å². The second-order valence-electron chi connectivity index (χ2n) is 5.85. The summed E-state index contributed by atoms with van der Waals surface area (Å²) in [5.74, 6) is -0.446. The number of anilines is 1. The van der Waals surface area contributed by atoms with Gasteiger partial charge < -0.3 is 10.6 Å². The van der Waals surface area contributed by atoms with E-state index in [1.165, 1.54) is 4.90 Å². The third-order valence-corrected chi connectivity index (χ3v) is 3.84. The van der Waals surface area contributed by atoms with Crippen molar-refractivity contribution < 1.29 is 14.4 Å². The smallest absolute Gasteiger partial charge is 0.324 e. The Balaban J connectivity index is 1.92. The molecule has 130 valence electrons. The average molecular weight is 332 g/mol. The highest BCUT2D eigenvalue weighted by molar-refractivity contribution is 5.97. The van der Waals surface area contributed by atoms with Crippen LogP contribution in [0.25, 0.3) is 0 Å². The molecule has 0 aliphatic carbocycles. The predicted molar refractivity (Wildman–Crippen MR) is 91.7 cm³/mol. The zero-order chi connectivity index (χ0) is 17.5. The van der Waals surface area contributed by atoms with Crippen LogP contribution in [0.1, 0.15) is 18.9 Å². The van der Waals surface area contributed by atoms with Crippen molar-refractivity contribution in [1.29, 1.82) is 0 Å². The molecule has 24 heavy (non-hydrogen) atoms. The number of amides is 4. The molecule has 7 heteroatoms. The number of aryl methyl sites for hydroxylation is 1. The van der Waals surface area contributed by atoms with Gasteiger partial charge in [-0.25, -0.2) is 4.79 Å². The van der Waals surface area contributed by atoms with E-state index in [1.807, 2.05) is 38.1 Å². The Morgan fingerprint density at radius 1 is 1.29 bits per heavy atom. The third kappa shape index (κ3) is 4.79. The van der Waals surface area contributed by atoms with Crippen LogP contribution < -0.4 is 10.6 Å². The molecule has 0 radical (unpaired) electrons. The first kappa shape index (κ1) is 17.9. The highest BCUT2D eigenvalue weighted by Gasteiger charge is 2.27. The zero-order valence-corrected chi connectivity index (χ0v) is 14.2. The first-order valence-corrected chi connectivity index (χ1v) is 8.17. The number of urea groups is 1. The summed E-state index contributed by atoms with van der Waals surface area (Å²) in [4.78, 5) is 39.0. The van der Waals surface area contributed by atoms with Gasteiger partial charge >= 0.3 is 6.03 Å². The van der Waals surface area contributed by atoms with E-state index >= 15 is 0 Å². The molecule has 1 saturated heterocycles. The van der Waals surface area contributed by atoms with Gasteiger partial charge in [-0.15, -0.1) is 0 Å². The number of hydrogen-bond donors (Lipinski definition) is 2. The lowest BCUT2D eigenvalue weighted by Crippen LogP contribution is -2.44. The van der Waals surface area contributed by atoms with Gasteiger partial charge in [0.2, 0.25) is 11.8 Å². The van der Waals surface area contributed by atoms with Gasteiger partial charge in [-0.3, -0.25) is 19.4 Å². The number of benzene rings is 1.